The van der Waals surface area contributed by atoms with Crippen molar-refractivity contribution >= 4 is 22.7 Å². The van der Waals surface area contributed by atoms with Crippen LogP contribution in [0.4, 0.5) is 0 Å². The van der Waals surface area contributed by atoms with Crippen LogP contribution in [0.2, 0.25) is 0 Å². The third kappa shape index (κ3) is 1.90. The van der Waals surface area contributed by atoms with E-state index in [1.165, 1.54) is 21.4 Å². The minimum Gasteiger partial charge on any atom is -0.396 e. The zero-order valence-corrected chi connectivity index (χ0v) is 9.84. The van der Waals surface area contributed by atoms with Gasteiger partial charge in [-0.05, 0) is 36.4 Å². The van der Waals surface area contributed by atoms with Gasteiger partial charge in [-0.2, -0.15) is 0 Å². The summed E-state index contributed by atoms with van der Waals surface area (Å²) in [6.45, 7) is 0.211. The number of hydrogen-bond donors (Lipinski definition) is 1. The van der Waals surface area contributed by atoms with Crippen LogP contribution in [0.1, 0.15) is 5.56 Å². The van der Waals surface area contributed by atoms with E-state index in [4.69, 9.17) is 5.11 Å². The van der Waals surface area contributed by atoms with E-state index in [2.05, 4.69) is 35.2 Å². The normalized spacial score (nSPS) is 11.1. The smallest absolute Gasteiger partial charge is 0.0481 e. The summed E-state index contributed by atoms with van der Waals surface area (Å²) in [6, 6.07) is 6.47. The molecule has 0 fully saturated rings. The topological polar surface area (TPSA) is 25.2 Å². The van der Waals surface area contributed by atoms with Crippen molar-refractivity contribution in [2.75, 3.05) is 12.9 Å². The van der Waals surface area contributed by atoms with Gasteiger partial charge in [0.25, 0.3) is 0 Å². The molecule has 80 valence electrons. The van der Waals surface area contributed by atoms with Crippen molar-refractivity contribution < 1.29 is 5.11 Å². The number of aromatic nitrogens is 1. The lowest BCUT2D eigenvalue weighted by Gasteiger charge is -1.99. The van der Waals surface area contributed by atoms with Gasteiger partial charge in [0.15, 0.2) is 0 Å². The van der Waals surface area contributed by atoms with Gasteiger partial charge in [-0.15, -0.1) is 11.8 Å². The van der Waals surface area contributed by atoms with E-state index in [0.29, 0.717) is 0 Å². The zero-order chi connectivity index (χ0) is 10.8. The lowest BCUT2D eigenvalue weighted by atomic mass is 10.1. The van der Waals surface area contributed by atoms with Crippen LogP contribution in [0.5, 0.6) is 0 Å². The van der Waals surface area contributed by atoms with Gasteiger partial charge in [0.05, 0.1) is 0 Å². The number of benzene rings is 1. The van der Waals surface area contributed by atoms with Crippen molar-refractivity contribution in [3.8, 4) is 0 Å². The monoisotopic (exact) mass is 221 g/mol. The number of fused-ring (bicyclic) bond motifs is 1. The molecule has 2 aromatic rings. The molecule has 1 aromatic heterocycles. The summed E-state index contributed by atoms with van der Waals surface area (Å²) in [4.78, 5) is 1.27. The van der Waals surface area contributed by atoms with Crippen molar-refractivity contribution in [2.24, 2.45) is 7.05 Å². The molecule has 0 bridgehead atoms. The van der Waals surface area contributed by atoms with E-state index >= 15 is 0 Å². The quantitative estimate of drug-likeness (QED) is 0.805. The number of aliphatic hydroxyl groups is 1. The van der Waals surface area contributed by atoms with Crippen molar-refractivity contribution in [1.29, 1.82) is 0 Å². The Kier molecular flexibility index (Phi) is 3.03. The van der Waals surface area contributed by atoms with Crippen LogP contribution in [0.3, 0.4) is 0 Å². The largest absolute Gasteiger partial charge is 0.396 e. The maximum absolute atomic E-state index is 9.00. The molecule has 0 radical (unpaired) electrons. The Morgan fingerprint density at radius 1 is 1.40 bits per heavy atom. The highest BCUT2D eigenvalue weighted by molar-refractivity contribution is 7.98. The predicted octanol–water partition coefficient (Wildman–Crippen LogP) is 2.43. The second-order valence-electron chi connectivity index (χ2n) is 3.62. The van der Waals surface area contributed by atoms with E-state index in [1.54, 1.807) is 11.8 Å². The molecule has 0 saturated carbocycles. The number of nitrogens with zero attached hydrogens (tertiary/aromatic N) is 1. The second-order valence-corrected chi connectivity index (χ2v) is 4.50. The van der Waals surface area contributed by atoms with Gasteiger partial charge in [0.1, 0.15) is 0 Å². The third-order valence-corrected chi connectivity index (χ3v) is 3.39. The molecule has 1 N–H and O–H groups in total. The molecule has 1 heterocycles. The molecule has 0 aliphatic heterocycles. The van der Waals surface area contributed by atoms with Gasteiger partial charge >= 0.3 is 0 Å². The fourth-order valence-electron chi connectivity index (χ4n) is 1.90. The van der Waals surface area contributed by atoms with Crippen LogP contribution in [0.25, 0.3) is 10.9 Å². The van der Waals surface area contributed by atoms with Crippen molar-refractivity contribution in [2.45, 2.75) is 11.3 Å². The molecule has 0 saturated heterocycles. The first-order chi connectivity index (χ1) is 7.26. The molecule has 0 amide bonds. The fraction of sp³-hybridized carbons (Fsp3) is 0.333. The summed E-state index contributed by atoms with van der Waals surface area (Å²) in [5.74, 6) is 0. The lowest BCUT2D eigenvalue weighted by Crippen LogP contribution is -1.88. The zero-order valence-electron chi connectivity index (χ0n) is 9.03. The minimum absolute atomic E-state index is 0.211. The summed E-state index contributed by atoms with van der Waals surface area (Å²) in [6.07, 6.45) is 4.91. The molecule has 2 nitrogen and oxygen atoms in total. The number of rotatable bonds is 3. The molecule has 2 rings (SSSR count). The standard InChI is InChI=1S/C12H15NOS/c1-13-8-9(5-6-14)11-7-10(15-2)3-4-12(11)13/h3-4,7-8,14H,5-6H2,1-2H3. The first-order valence-corrected chi connectivity index (χ1v) is 6.21. The summed E-state index contributed by atoms with van der Waals surface area (Å²) in [5, 5.41) is 10.3. The lowest BCUT2D eigenvalue weighted by molar-refractivity contribution is 0.300. The second kappa shape index (κ2) is 4.29. The Hall–Kier alpha value is -0.930. The van der Waals surface area contributed by atoms with E-state index in [9.17, 15) is 0 Å². The number of hydrogen-bond acceptors (Lipinski definition) is 2. The van der Waals surface area contributed by atoms with Crippen molar-refractivity contribution in [1.82, 2.24) is 4.57 Å². The maximum atomic E-state index is 9.00. The van der Waals surface area contributed by atoms with Gasteiger partial charge in [-0.1, -0.05) is 0 Å². The highest BCUT2D eigenvalue weighted by atomic mass is 32.2. The summed E-state index contributed by atoms with van der Waals surface area (Å²) in [5.41, 5.74) is 2.46. The highest BCUT2D eigenvalue weighted by Gasteiger charge is 2.06. The Morgan fingerprint density at radius 3 is 2.87 bits per heavy atom. The molecule has 0 aliphatic carbocycles. The van der Waals surface area contributed by atoms with Gasteiger partial charge in [0, 0.05) is 35.6 Å². The van der Waals surface area contributed by atoms with Crippen LogP contribution in [-0.4, -0.2) is 22.5 Å². The average molecular weight is 221 g/mol. The number of aryl methyl sites for hydroxylation is 1. The summed E-state index contributed by atoms with van der Waals surface area (Å²) in [7, 11) is 2.04. The average Bonchev–Trinajstić information content (AvgIpc) is 2.56. The Bertz CT molecular complexity index is 476. The molecule has 0 atom stereocenters. The van der Waals surface area contributed by atoms with Crippen molar-refractivity contribution in [3.63, 3.8) is 0 Å². The minimum atomic E-state index is 0.211. The fourth-order valence-corrected chi connectivity index (χ4v) is 2.34. The number of thioether (sulfide) groups is 1. The van der Waals surface area contributed by atoms with E-state index in [0.717, 1.165) is 6.42 Å². The van der Waals surface area contributed by atoms with Gasteiger partial charge < -0.3 is 9.67 Å². The predicted molar refractivity (Wildman–Crippen MR) is 65.5 cm³/mol. The molecule has 15 heavy (non-hydrogen) atoms. The Balaban J connectivity index is 2.60. The molecular weight excluding hydrogens is 206 g/mol. The first-order valence-electron chi connectivity index (χ1n) is 4.99. The van der Waals surface area contributed by atoms with Crippen LogP contribution in [0.15, 0.2) is 29.3 Å². The Labute approximate surface area is 93.9 Å². The van der Waals surface area contributed by atoms with Gasteiger partial charge in [0.2, 0.25) is 0 Å². The molecule has 0 unspecified atom stereocenters. The van der Waals surface area contributed by atoms with Crippen LogP contribution >= 0.6 is 11.8 Å². The molecule has 3 heteroatoms. The van der Waals surface area contributed by atoms with E-state index in [-0.39, 0.29) is 6.61 Å². The number of aliphatic hydroxyl groups excluding tert-OH is 1. The Morgan fingerprint density at radius 2 is 2.20 bits per heavy atom. The molecule has 0 spiro atoms. The van der Waals surface area contributed by atoms with E-state index < -0.39 is 0 Å². The van der Waals surface area contributed by atoms with Crippen LogP contribution < -0.4 is 0 Å². The first kappa shape index (κ1) is 10.6. The summed E-state index contributed by atoms with van der Waals surface area (Å²) < 4.78 is 2.12. The maximum Gasteiger partial charge on any atom is 0.0481 e. The van der Waals surface area contributed by atoms with Crippen LogP contribution in [0, 0.1) is 0 Å². The van der Waals surface area contributed by atoms with E-state index in [1.807, 2.05) is 7.05 Å². The molecule has 0 aliphatic rings. The summed E-state index contributed by atoms with van der Waals surface area (Å²) >= 11 is 1.75. The van der Waals surface area contributed by atoms with Gasteiger partial charge in [-0.3, -0.25) is 0 Å². The molecular formula is C12H15NOS. The van der Waals surface area contributed by atoms with Gasteiger partial charge in [-0.25, -0.2) is 0 Å². The van der Waals surface area contributed by atoms with Crippen LogP contribution in [-0.2, 0) is 13.5 Å². The van der Waals surface area contributed by atoms with Crippen molar-refractivity contribution in [3.05, 3.63) is 30.0 Å². The SMILES string of the molecule is CSc1ccc2c(c1)c(CCO)cn2C. The highest BCUT2D eigenvalue weighted by Crippen LogP contribution is 2.26. The third-order valence-electron chi connectivity index (χ3n) is 2.66. The molecule has 1 aromatic carbocycles.